The maximum atomic E-state index is 11.8. The van der Waals surface area contributed by atoms with Crippen LogP contribution in [0.2, 0.25) is 0 Å². The third-order valence-electron chi connectivity index (χ3n) is 6.95. The predicted molar refractivity (Wildman–Crippen MR) is 153 cm³/mol. The first-order chi connectivity index (χ1) is 18.4. The molecule has 1 saturated heterocycles. The van der Waals surface area contributed by atoms with Gasteiger partial charge in [0, 0.05) is 29.9 Å². The number of aliphatic carboxylic acids is 2. The first-order valence-corrected chi connectivity index (χ1v) is 15.5. The smallest absolute Gasteiger partial charge is 0.303 e. The zero-order valence-electron chi connectivity index (χ0n) is 23.2. The summed E-state index contributed by atoms with van der Waals surface area (Å²) in [4.78, 5) is 33.5. The molecule has 0 aromatic heterocycles. The van der Waals surface area contributed by atoms with Crippen molar-refractivity contribution in [2.75, 3.05) is 18.1 Å². The van der Waals surface area contributed by atoms with Crippen LogP contribution in [0.25, 0.3) is 0 Å². The summed E-state index contributed by atoms with van der Waals surface area (Å²) in [6.45, 7) is 7.44. The number of hydrogen-bond donors (Lipinski definition) is 4. The number of benzene rings is 1. The zero-order valence-corrected chi connectivity index (χ0v) is 24.9. The summed E-state index contributed by atoms with van der Waals surface area (Å²) >= 11 is 3.11. The van der Waals surface area contributed by atoms with Crippen LogP contribution in [-0.4, -0.2) is 78.1 Å². The van der Waals surface area contributed by atoms with Gasteiger partial charge in [-0.2, -0.15) is 11.8 Å². The first kappa shape index (κ1) is 33.3. The molecule has 1 aliphatic heterocycles. The highest BCUT2D eigenvalue weighted by Crippen LogP contribution is 2.57. The average molecular weight is 587 g/mol. The lowest BCUT2D eigenvalue weighted by atomic mass is 9.98. The van der Waals surface area contributed by atoms with Crippen molar-refractivity contribution in [1.29, 1.82) is 0 Å². The highest BCUT2D eigenvalue weighted by atomic mass is 32.2. The zero-order chi connectivity index (χ0) is 29.2. The van der Waals surface area contributed by atoms with Gasteiger partial charge in [0.2, 0.25) is 0 Å². The van der Waals surface area contributed by atoms with E-state index < -0.39 is 23.0 Å². The van der Waals surface area contributed by atoms with Crippen molar-refractivity contribution in [3.05, 3.63) is 23.3 Å². The van der Waals surface area contributed by atoms with Gasteiger partial charge in [0.05, 0.1) is 22.5 Å². The fourth-order valence-electron chi connectivity index (χ4n) is 4.88. The van der Waals surface area contributed by atoms with Gasteiger partial charge in [-0.1, -0.05) is 27.2 Å². The van der Waals surface area contributed by atoms with Gasteiger partial charge in [-0.05, 0) is 51.2 Å². The molecule has 0 aliphatic carbocycles. The van der Waals surface area contributed by atoms with Crippen molar-refractivity contribution in [2.24, 2.45) is 0 Å². The molecule has 0 saturated carbocycles. The van der Waals surface area contributed by atoms with Gasteiger partial charge in [-0.3, -0.25) is 14.4 Å². The van der Waals surface area contributed by atoms with Crippen LogP contribution in [0, 0.1) is 0 Å². The molecule has 2 rings (SSSR count). The van der Waals surface area contributed by atoms with Gasteiger partial charge in [0.15, 0.2) is 5.78 Å². The SMILES string of the molecule is CCCc1c(OCC(O)CSCC2(CC)SC(CCC(=O)O)(CCC(=O)O)OC2CC)ccc(C(C)=O)c1O. The molecule has 220 valence electrons. The minimum absolute atomic E-state index is 0.0176. The third-order valence-corrected chi connectivity index (χ3v) is 10.5. The summed E-state index contributed by atoms with van der Waals surface area (Å²) in [5.74, 6) is -0.724. The van der Waals surface area contributed by atoms with Gasteiger partial charge >= 0.3 is 11.9 Å². The molecule has 4 N–H and O–H groups in total. The summed E-state index contributed by atoms with van der Waals surface area (Å²) in [5.41, 5.74) is 0.802. The number of carbonyl (C=O) groups excluding carboxylic acids is 1. The van der Waals surface area contributed by atoms with Crippen LogP contribution < -0.4 is 4.74 Å². The first-order valence-electron chi connectivity index (χ1n) is 13.5. The Labute approximate surface area is 239 Å². The van der Waals surface area contributed by atoms with E-state index in [0.717, 1.165) is 12.8 Å². The molecule has 1 heterocycles. The van der Waals surface area contributed by atoms with Crippen molar-refractivity contribution < 1.29 is 44.3 Å². The quantitative estimate of drug-likeness (QED) is 0.169. The van der Waals surface area contributed by atoms with Crippen LogP contribution in [0.4, 0.5) is 0 Å². The van der Waals surface area contributed by atoms with E-state index in [4.69, 9.17) is 9.47 Å². The van der Waals surface area contributed by atoms with Crippen molar-refractivity contribution in [3.63, 3.8) is 0 Å². The van der Waals surface area contributed by atoms with Crippen molar-refractivity contribution in [1.82, 2.24) is 0 Å². The monoisotopic (exact) mass is 586 g/mol. The number of aliphatic hydroxyl groups excluding tert-OH is 1. The van der Waals surface area contributed by atoms with Crippen molar-refractivity contribution in [3.8, 4) is 11.5 Å². The molecular formula is C28H42O9S2. The topological polar surface area (TPSA) is 151 Å². The van der Waals surface area contributed by atoms with E-state index in [1.807, 2.05) is 13.8 Å². The number of hydrogen-bond acceptors (Lipinski definition) is 9. The maximum absolute atomic E-state index is 11.8. The second-order valence-electron chi connectivity index (χ2n) is 9.96. The fourth-order valence-corrected chi connectivity index (χ4v) is 8.39. The molecule has 11 heteroatoms. The van der Waals surface area contributed by atoms with Crippen molar-refractivity contribution in [2.45, 2.75) is 101 Å². The van der Waals surface area contributed by atoms with Gasteiger partial charge in [-0.25, -0.2) is 0 Å². The van der Waals surface area contributed by atoms with E-state index in [-0.39, 0.29) is 60.2 Å². The molecule has 39 heavy (non-hydrogen) atoms. The average Bonchev–Trinajstić information content (AvgIpc) is 3.21. The number of Topliss-reactive ketones (excluding diaryl/α,β-unsaturated/α-hetero) is 1. The van der Waals surface area contributed by atoms with Crippen LogP contribution >= 0.6 is 23.5 Å². The van der Waals surface area contributed by atoms with Gasteiger partial charge < -0.3 is 29.9 Å². The van der Waals surface area contributed by atoms with Crippen LogP contribution in [0.3, 0.4) is 0 Å². The summed E-state index contributed by atoms with van der Waals surface area (Å²) in [6, 6.07) is 3.18. The Morgan fingerprint density at radius 3 is 2.28 bits per heavy atom. The Morgan fingerprint density at radius 1 is 1.13 bits per heavy atom. The van der Waals surface area contributed by atoms with Gasteiger partial charge in [0.1, 0.15) is 23.0 Å². The molecule has 0 spiro atoms. The number of phenolic OH excluding ortho intramolecular Hbond substituents is 1. The Balaban J connectivity index is 2.05. The normalized spacial score (nSPS) is 21.0. The molecule has 9 nitrogen and oxygen atoms in total. The van der Waals surface area contributed by atoms with E-state index in [9.17, 15) is 34.8 Å². The van der Waals surface area contributed by atoms with E-state index >= 15 is 0 Å². The summed E-state index contributed by atoms with van der Waals surface area (Å²) in [7, 11) is 0. The Morgan fingerprint density at radius 2 is 1.77 bits per heavy atom. The second kappa shape index (κ2) is 15.2. The minimum atomic E-state index is -0.945. The van der Waals surface area contributed by atoms with Crippen LogP contribution in [0.5, 0.6) is 11.5 Å². The summed E-state index contributed by atoms with van der Waals surface area (Å²) in [6.07, 6.45) is 2.04. The molecule has 1 aromatic rings. The highest BCUT2D eigenvalue weighted by molar-refractivity contribution is 8.04. The molecule has 1 aromatic carbocycles. The van der Waals surface area contributed by atoms with E-state index in [0.29, 0.717) is 35.7 Å². The molecule has 0 amide bonds. The number of phenols is 1. The lowest BCUT2D eigenvalue weighted by Crippen LogP contribution is -2.38. The lowest BCUT2D eigenvalue weighted by Gasteiger charge is -2.32. The molecular weight excluding hydrogens is 544 g/mol. The standard InChI is InChI=1S/C28H42O9S2/c1-5-8-21-22(10-9-20(18(4)29)26(21)35)36-15-19(30)16-38-17-27(7-3)23(6-2)37-28(39-27,13-11-24(31)32)14-12-25(33)34/h9-10,19,23,30,35H,5-8,11-17H2,1-4H3,(H,31,32)(H,33,34). The van der Waals surface area contributed by atoms with Gasteiger partial charge in [0.25, 0.3) is 0 Å². The molecule has 0 radical (unpaired) electrons. The van der Waals surface area contributed by atoms with Crippen molar-refractivity contribution >= 4 is 41.2 Å². The van der Waals surface area contributed by atoms with Crippen LogP contribution in [0.15, 0.2) is 12.1 Å². The number of aliphatic hydroxyl groups is 1. The Bertz CT molecular complexity index is 981. The second-order valence-corrected chi connectivity index (χ2v) is 12.7. The predicted octanol–water partition coefficient (Wildman–Crippen LogP) is 5.14. The van der Waals surface area contributed by atoms with Crippen LogP contribution in [0.1, 0.15) is 88.6 Å². The molecule has 1 fully saturated rings. The fraction of sp³-hybridized carbons (Fsp3) is 0.679. The largest absolute Gasteiger partial charge is 0.507 e. The lowest BCUT2D eigenvalue weighted by molar-refractivity contribution is -0.139. The van der Waals surface area contributed by atoms with E-state index in [1.165, 1.54) is 13.0 Å². The number of carboxylic acid groups (broad SMARTS) is 2. The van der Waals surface area contributed by atoms with Crippen LogP contribution in [-0.2, 0) is 20.7 Å². The summed E-state index contributed by atoms with van der Waals surface area (Å²) in [5, 5.41) is 39.7. The number of carboxylic acids is 2. The number of ketones is 1. The number of carbonyl (C=O) groups is 3. The number of ether oxygens (including phenoxy) is 2. The highest BCUT2D eigenvalue weighted by Gasteiger charge is 2.54. The number of rotatable bonds is 18. The minimum Gasteiger partial charge on any atom is -0.507 e. The molecule has 0 bridgehead atoms. The Hall–Kier alpha value is -1.95. The Kier molecular flexibility index (Phi) is 12.9. The number of aromatic hydroxyl groups is 1. The molecule has 3 unspecified atom stereocenters. The molecule has 3 atom stereocenters. The summed E-state index contributed by atoms with van der Waals surface area (Å²) < 4.78 is 11.9. The molecule has 1 aliphatic rings. The van der Waals surface area contributed by atoms with E-state index in [2.05, 4.69) is 6.92 Å². The van der Waals surface area contributed by atoms with E-state index in [1.54, 1.807) is 29.6 Å². The maximum Gasteiger partial charge on any atom is 0.303 e. The van der Waals surface area contributed by atoms with Gasteiger partial charge in [-0.15, -0.1) is 11.8 Å². The third kappa shape index (κ3) is 9.03. The number of thioether (sulfide) groups is 2.